The van der Waals surface area contributed by atoms with Gasteiger partial charge in [-0.2, -0.15) is 0 Å². The lowest BCUT2D eigenvalue weighted by Gasteiger charge is -2.34. The van der Waals surface area contributed by atoms with E-state index in [0.29, 0.717) is 5.69 Å². The number of halogens is 2. The fourth-order valence-electron chi connectivity index (χ4n) is 4.47. The molecule has 4 rings (SSSR count). The number of urea groups is 1. The molecule has 1 saturated carbocycles. The van der Waals surface area contributed by atoms with Gasteiger partial charge in [0.25, 0.3) is 5.91 Å². The van der Waals surface area contributed by atoms with Gasteiger partial charge < -0.3 is 9.88 Å². The lowest BCUT2D eigenvalue weighted by atomic mass is 9.80. The smallest absolute Gasteiger partial charge is 0.325 e. The van der Waals surface area contributed by atoms with Crippen molar-refractivity contribution in [3.63, 3.8) is 0 Å². The van der Waals surface area contributed by atoms with Crippen LogP contribution < -0.4 is 5.32 Å². The van der Waals surface area contributed by atoms with Crippen LogP contribution in [0.25, 0.3) is 11.3 Å². The number of aromatic nitrogens is 1. The molecule has 1 N–H and O–H groups in total. The maximum absolute atomic E-state index is 13.5. The molecule has 1 saturated heterocycles. The largest absolute Gasteiger partial charge is 0.341 e. The number of nitrogens with zero attached hydrogens (tertiary/aromatic N) is 2. The minimum Gasteiger partial charge on any atom is -0.341 e. The van der Waals surface area contributed by atoms with Crippen LogP contribution in [0.3, 0.4) is 0 Å². The van der Waals surface area contributed by atoms with E-state index >= 15 is 0 Å². The summed E-state index contributed by atoms with van der Waals surface area (Å²) >= 11 is 0. The molecule has 158 valence electrons. The summed E-state index contributed by atoms with van der Waals surface area (Å²) in [7, 11) is 1.76. The summed E-state index contributed by atoms with van der Waals surface area (Å²) in [6.45, 7) is 1.47. The molecule has 30 heavy (non-hydrogen) atoms. The fraction of sp³-hybridized carbons (Fsp3) is 0.409. The maximum atomic E-state index is 13.5. The van der Waals surface area contributed by atoms with Crippen LogP contribution in [0.4, 0.5) is 13.6 Å². The van der Waals surface area contributed by atoms with Crippen molar-refractivity contribution in [1.29, 1.82) is 0 Å². The zero-order valence-corrected chi connectivity index (χ0v) is 16.9. The molecule has 2 aromatic rings. The number of amides is 3. The van der Waals surface area contributed by atoms with E-state index in [9.17, 15) is 23.2 Å². The van der Waals surface area contributed by atoms with E-state index in [-0.39, 0.29) is 18.6 Å². The Bertz CT molecular complexity index is 1020. The second-order valence-corrected chi connectivity index (χ2v) is 8.17. The Kier molecular flexibility index (Phi) is 4.75. The van der Waals surface area contributed by atoms with E-state index in [1.807, 2.05) is 37.3 Å². The number of carbonyl (C=O) groups is 3. The van der Waals surface area contributed by atoms with Crippen molar-refractivity contribution in [2.45, 2.75) is 44.1 Å². The number of imide groups is 1. The van der Waals surface area contributed by atoms with E-state index in [1.54, 1.807) is 17.7 Å². The second kappa shape index (κ2) is 7.04. The molecular formula is C22H23F2N3O3. The highest BCUT2D eigenvalue weighted by Gasteiger charge is 2.55. The summed E-state index contributed by atoms with van der Waals surface area (Å²) in [6, 6.07) is 10.6. The first kappa shape index (κ1) is 20.3. The van der Waals surface area contributed by atoms with Crippen molar-refractivity contribution in [2.24, 2.45) is 7.05 Å². The molecule has 1 aliphatic heterocycles. The molecule has 2 fully saturated rings. The molecule has 1 spiro atoms. The van der Waals surface area contributed by atoms with Gasteiger partial charge in [-0.25, -0.2) is 13.6 Å². The summed E-state index contributed by atoms with van der Waals surface area (Å²) < 4.78 is 28.8. The molecule has 2 aliphatic rings. The quantitative estimate of drug-likeness (QED) is 0.612. The van der Waals surface area contributed by atoms with Crippen molar-refractivity contribution in [1.82, 2.24) is 14.8 Å². The van der Waals surface area contributed by atoms with Gasteiger partial charge in [-0.1, -0.05) is 30.3 Å². The topological polar surface area (TPSA) is 71.4 Å². The van der Waals surface area contributed by atoms with Crippen LogP contribution in [-0.2, 0) is 11.8 Å². The van der Waals surface area contributed by atoms with Gasteiger partial charge >= 0.3 is 6.03 Å². The summed E-state index contributed by atoms with van der Waals surface area (Å²) in [5.74, 6) is -3.80. The Morgan fingerprint density at radius 3 is 2.37 bits per heavy atom. The molecule has 8 heteroatoms. The Hall–Kier alpha value is -3.03. The zero-order valence-electron chi connectivity index (χ0n) is 16.9. The minimum absolute atomic E-state index is 0.128. The first-order valence-electron chi connectivity index (χ1n) is 9.90. The van der Waals surface area contributed by atoms with Crippen LogP contribution in [0.15, 0.2) is 36.4 Å². The second-order valence-electron chi connectivity index (χ2n) is 8.17. The molecular weight excluding hydrogens is 392 g/mol. The predicted octanol–water partition coefficient (Wildman–Crippen LogP) is 3.68. The number of hydrogen-bond donors (Lipinski definition) is 1. The SMILES string of the molecule is Cc1cc(C(=O)CN2C(=O)NC3(CCC(F)(F)CC3)C2=O)n(C)c1-c1ccccc1. The van der Waals surface area contributed by atoms with E-state index in [1.165, 1.54) is 0 Å². The molecule has 0 radical (unpaired) electrons. The normalized spacial score (nSPS) is 19.9. The Labute approximate surface area is 172 Å². The van der Waals surface area contributed by atoms with Crippen LogP contribution in [-0.4, -0.2) is 45.2 Å². The number of nitrogens with one attached hydrogen (secondary N) is 1. The average Bonchev–Trinajstić information content (AvgIpc) is 3.13. The predicted molar refractivity (Wildman–Crippen MR) is 106 cm³/mol. The lowest BCUT2D eigenvalue weighted by Crippen LogP contribution is -2.51. The van der Waals surface area contributed by atoms with Gasteiger partial charge in [0.05, 0.1) is 17.9 Å². The van der Waals surface area contributed by atoms with Crippen LogP contribution in [0.5, 0.6) is 0 Å². The third-order valence-corrected chi connectivity index (χ3v) is 6.14. The van der Waals surface area contributed by atoms with Crippen molar-refractivity contribution >= 4 is 17.7 Å². The number of benzene rings is 1. The highest BCUT2D eigenvalue weighted by molar-refractivity contribution is 6.11. The van der Waals surface area contributed by atoms with Gasteiger partial charge in [-0.3, -0.25) is 14.5 Å². The van der Waals surface area contributed by atoms with Crippen LogP contribution in [0.1, 0.15) is 41.7 Å². The van der Waals surface area contributed by atoms with Crippen molar-refractivity contribution in [3.05, 3.63) is 47.7 Å². The number of Topliss-reactive ketones (excluding diaryl/α,β-unsaturated/α-hetero) is 1. The molecule has 1 aliphatic carbocycles. The number of ketones is 1. The van der Waals surface area contributed by atoms with E-state index in [4.69, 9.17) is 0 Å². The molecule has 0 atom stereocenters. The van der Waals surface area contributed by atoms with E-state index < -0.39 is 42.8 Å². The number of alkyl halides is 2. The molecule has 2 heterocycles. The number of rotatable bonds is 4. The molecule has 1 aromatic carbocycles. The molecule has 0 unspecified atom stereocenters. The monoisotopic (exact) mass is 415 g/mol. The van der Waals surface area contributed by atoms with E-state index in [2.05, 4.69) is 5.32 Å². The van der Waals surface area contributed by atoms with Crippen molar-refractivity contribution < 1.29 is 23.2 Å². The summed E-state index contributed by atoms with van der Waals surface area (Å²) in [5, 5.41) is 2.57. The van der Waals surface area contributed by atoms with Crippen molar-refractivity contribution in [2.75, 3.05) is 6.54 Å². The highest BCUT2D eigenvalue weighted by Crippen LogP contribution is 2.41. The van der Waals surface area contributed by atoms with Gasteiger partial charge in [-0.05, 0) is 37.0 Å². The molecule has 0 bridgehead atoms. The molecule has 3 amide bonds. The molecule has 1 aromatic heterocycles. The zero-order chi connectivity index (χ0) is 21.7. The minimum atomic E-state index is -2.83. The summed E-state index contributed by atoms with van der Waals surface area (Å²) in [6.07, 6.45) is -1.18. The van der Waals surface area contributed by atoms with E-state index in [0.717, 1.165) is 21.7 Å². The first-order chi connectivity index (χ1) is 14.1. The van der Waals surface area contributed by atoms with Gasteiger partial charge in [0, 0.05) is 19.9 Å². The number of hydrogen-bond acceptors (Lipinski definition) is 3. The van der Waals surface area contributed by atoms with Crippen molar-refractivity contribution in [3.8, 4) is 11.3 Å². The van der Waals surface area contributed by atoms with Gasteiger partial charge in [0.15, 0.2) is 5.78 Å². The Morgan fingerprint density at radius 1 is 1.10 bits per heavy atom. The highest BCUT2D eigenvalue weighted by atomic mass is 19.3. The molecule has 6 nitrogen and oxygen atoms in total. The number of carbonyl (C=O) groups excluding carboxylic acids is 3. The number of aryl methyl sites for hydroxylation is 1. The lowest BCUT2D eigenvalue weighted by molar-refractivity contribution is -0.135. The summed E-state index contributed by atoms with van der Waals surface area (Å²) in [4.78, 5) is 39.1. The van der Waals surface area contributed by atoms with Crippen LogP contribution in [0.2, 0.25) is 0 Å². The standard InChI is InChI=1S/C22H23F2N3O3/c1-14-12-16(26(2)18(14)15-6-4-3-5-7-15)17(28)13-27-19(29)21(25-20(27)30)8-10-22(23,24)11-9-21/h3-7,12H,8-11,13H2,1-2H3,(H,25,30). The van der Waals surface area contributed by atoms with Gasteiger partial charge in [0.2, 0.25) is 5.92 Å². The van der Waals surface area contributed by atoms with Gasteiger partial charge in [0.1, 0.15) is 5.54 Å². The Balaban J connectivity index is 1.55. The van der Waals surface area contributed by atoms with Gasteiger partial charge in [-0.15, -0.1) is 0 Å². The third kappa shape index (κ3) is 3.30. The van der Waals surface area contributed by atoms with Crippen LogP contribution >= 0.6 is 0 Å². The fourth-order valence-corrected chi connectivity index (χ4v) is 4.47. The maximum Gasteiger partial charge on any atom is 0.325 e. The average molecular weight is 415 g/mol. The Morgan fingerprint density at radius 2 is 1.73 bits per heavy atom. The van der Waals surface area contributed by atoms with Crippen LogP contribution in [0, 0.1) is 6.92 Å². The third-order valence-electron chi connectivity index (χ3n) is 6.14. The first-order valence-corrected chi connectivity index (χ1v) is 9.90. The summed E-state index contributed by atoms with van der Waals surface area (Å²) in [5.41, 5.74) is 1.78.